The molecule has 0 aliphatic heterocycles. The molecule has 5 heteroatoms. The molecule has 0 atom stereocenters. The molecule has 3 rings (SSSR count). The minimum Gasteiger partial charge on any atom is -0.348 e. The van der Waals surface area contributed by atoms with Crippen LogP contribution in [0.3, 0.4) is 0 Å². The predicted molar refractivity (Wildman–Crippen MR) is 78.2 cm³/mol. The third-order valence-electron chi connectivity index (χ3n) is 3.89. The summed E-state index contributed by atoms with van der Waals surface area (Å²) < 4.78 is 5.22. The SMILES string of the molecule is O=C(NCc1noc(-c2ccccc2)n1)C1CCCCC1. The molecule has 110 valence electrons. The number of rotatable bonds is 4. The van der Waals surface area contributed by atoms with Crippen molar-refractivity contribution < 1.29 is 9.32 Å². The van der Waals surface area contributed by atoms with Gasteiger partial charge >= 0.3 is 0 Å². The van der Waals surface area contributed by atoms with E-state index in [0.717, 1.165) is 31.2 Å². The summed E-state index contributed by atoms with van der Waals surface area (Å²) in [6.45, 7) is 0.325. The van der Waals surface area contributed by atoms with Crippen LogP contribution < -0.4 is 5.32 Å². The van der Waals surface area contributed by atoms with Crippen molar-refractivity contribution in [1.29, 1.82) is 0 Å². The van der Waals surface area contributed by atoms with Crippen LogP contribution in [0.25, 0.3) is 11.5 Å². The Morgan fingerprint density at radius 1 is 1.19 bits per heavy atom. The van der Waals surface area contributed by atoms with Gasteiger partial charge in [-0.3, -0.25) is 4.79 Å². The van der Waals surface area contributed by atoms with Crippen LogP contribution in [-0.4, -0.2) is 16.0 Å². The Balaban J connectivity index is 1.56. The van der Waals surface area contributed by atoms with Crippen LogP contribution in [0.5, 0.6) is 0 Å². The Hall–Kier alpha value is -2.17. The van der Waals surface area contributed by atoms with E-state index in [1.54, 1.807) is 0 Å². The highest BCUT2D eigenvalue weighted by atomic mass is 16.5. The Morgan fingerprint density at radius 3 is 2.71 bits per heavy atom. The molecule has 1 saturated carbocycles. The molecule has 0 saturated heterocycles. The van der Waals surface area contributed by atoms with Gasteiger partial charge in [0.1, 0.15) is 0 Å². The maximum atomic E-state index is 12.1. The van der Waals surface area contributed by atoms with Gasteiger partial charge in [-0.15, -0.1) is 0 Å². The van der Waals surface area contributed by atoms with Crippen LogP contribution in [0, 0.1) is 5.92 Å². The summed E-state index contributed by atoms with van der Waals surface area (Å²) in [6.07, 6.45) is 5.53. The first-order valence-electron chi connectivity index (χ1n) is 7.48. The number of hydrogen-bond acceptors (Lipinski definition) is 4. The van der Waals surface area contributed by atoms with E-state index in [9.17, 15) is 4.79 Å². The van der Waals surface area contributed by atoms with Crippen molar-refractivity contribution in [2.75, 3.05) is 0 Å². The molecule has 0 bridgehead atoms. The van der Waals surface area contributed by atoms with E-state index in [1.807, 2.05) is 30.3 Å². The molecule has 1 amide bonds. The fourth-order valence-corrected chi connectivity index (χ4v) is 2.70. The molecule has 1 heterocycles. The van der Waals surface area contributed by atoms with Gasteiger partial charge in [0.2, 0.25) is 5.91 Å². The zero-order chi connectivity index (χ0) is 14.5. The Labute approximate surface area is 123 Å². The zero-order valence-electron chi connectivity index (χ0n) is 11.9. The monoisotopic (exact) mass is 285 g/mol. The van der Waals surface area contributed by atoms with Crippen LogP contribution in [0.4, 0.5) is 0 Å². The van der Waals surface area contributed by atoms with Crippen molar-refractivity contribution in [3.05, 3.63) is 36.2 Å². The van der Waals surface area contributed by atoms with E-state index < -0.39 is 0 Å². The lowest BCUT2D eigenvalue weighted by molar-refractivity contribution is -0.126. The van der Waals surface area contributed by atoms with Crippen molar-refractivity contribution in [1.82, 2.24) is 15.5 Å². The molecule has 1 aromatic heterocycles. The molecule has 1 aliphatic rings. The first kappa shape index (κ1) is 13.8. The summed E-state index contributed by atoms with van der Waals surface area (Å²) in [6, 6.07) is 9.61. The third-order valence-corrected chi connectivity index (χ3v) is 3.89. The summed E-state index contributed by atoms with van der Waals surface area (Å²) in [5.41, 5.74) is 0.884. The number of carbonyl (C=O) groups excluding carboxylic acids is 1. The number of hydrogen-bond donors (Lipinski definition) is 1. The first-order valence-corrected chi connectivity index (χ1v) is 7.48. The molecule has 1 aliphatic carbocycles. The van der Waals surface area contributed by atoms with E-state index in [1.165, 1.54) is 6.42 Å². The molecule has 2 aromatic rings. The minimum absolute atomic E-state index is 0.112. The Kier molecular flexibility index (Phi) is 4.28. The lowest BCUT2D eigenvalue weighted by Crippen LogP contribution is -2.31. The molecule has 0 spiro atoms. The molecular weight excluding hydrogens is 266 g/mol. The summed E-state index contributed by atoms with van der Waals surface area (Å²) >= 11 is 0. The minimum atomic E-state index is 0.112. The van der Waals surface area contributed by atoms with E-state index in [4.69, 9.17) is 4.52 Å². The molecule has 1 aromatic carbocycles. The summed E-state index contributed by atoms with van der Waals surface area (Å²) in [5, 5.41) is 6.82. The van der Waals surface area contributed by atoms with E-state index in [0.29, 0.717) is 18.3 Å². The number of benzene rings is 1. The molecule has 5 nitrogen and oxygen atoms in total. The van der Waals surface area contributed by atoms with E-state index in [-0.39, 0.29) is 11.8 Å². The summed E-state index contributed by atoms with van der Waals surface area (Å²) in [7, 11) is 0. The van der Waals surface area contributed by atoms with Gasteiger partial charge in [-0.05, 0) is 25.0 Å². The standard InChI is InChI=1S/C16H19N3O2/c20-15(12-7-3-1-4-8-12)17-11-14-18-16(21-19-14)13-9-5-2-6-10-13/h2,5-6,9-10,12H,1,3-4,7-8,11H2,(H,17,20). The second kappa shape index (κ2) is 6.52. The summed E-state index contributed by atoms with van der Waals surface area (Å²) in [5.74, 6) is 1.26. The largest absolute Gasteiger partial charge is 0.348 e. The predicted octanol–water partition coefficient (Wildman–Crippen LogP) is 2.93. The quantitative estimate of drug-likeness (QED) is 0.937. The van der Waals surface area contributed by atoms with Crippen molar-refractivity contribution in [3.63, 3.8) is 0 Å². The highest BCUT2D eigenvalue weighted by Crippen LogP contribution is 2.23. The van der Waals surface area contributed by atoms with Crippen molar-refractivity contribution in [3.8, 4) is 11.5 Å². The van der Waals surface area contributed by atoms with Crippen molar-refractivity contribution >= 4 is 5.91 Å². The smallest absolute Gasteiger partial charge is 0.257 e. The number of aromatic nitrogens is 2. The van der Waals surface area contributed by atoms with Crippen LogP contribution in [0.2, 0.25) is 0 Å². The molecule has 21 heavy (non-hydrogen) atoms. The lowest BCUT2D eigenvalue weighted by atomic mass is 9.89. The van der Waals surface area contributed by atoms with Gasteiger partial charge in [0.05, 0.1) is 6.54 Å². The van der Waals surface area contributed by atoms with Gasteiger partial charge in [0, 0.05) is 11.5 Å². The maximum Gasteiger partial charge on any atom is 0.257 e. The number of nitrogens with zero attached hydrogens (tertiary/aromatic N) is 2. The Bertz CT molecular complexity index is 589. The van der Waals surface area contributed by atoms with Gasteiger partial charge in [-0.1, -0.05) is 42.6 Å². The van der Waals surface area contributed by atoms with Crippen LogP contribution in [-0.2, 0) is 11.3 Å². The van der Waals surface area contributed by atoms with Crippen LogP contribution in [0.1, 0.15) is 37.9 Å². The molecule has 0 radical (unpaired) electrons. The highest BCUT2D eigenvalue weighted by molar-refractivity contribution is 5.78. The molecule has 0 unspecified atom stereocenters. The first-order chi connectivity index (χ1) is 10.3. The molecule has 1 N–H and O–H groups in total. The molecular formula is C16H19N3O2. The van der Waals surface area contributed by atoms with Crippen molar-refractivity contribution in [2.24, 2.45) is 5.92 Å². The normalized spacial score (nSPS) is 15.8. The average molecular weight is 285 g/mol. The number of amides is 1. The van der Waals surface area contributed by atoms with Crippen LogP contribution in [0.15, 0.2) is 34.9 Å². The maximum absolute atomic E-state index is 12.1. The Morgan fingerprint density at radius 2 is 1.95 bits per heavy atom. The second-order valence-corrected chi connectivity index (χ2v) is 5.43. The average Bonchev–Trinajstić information content (AvgIpc) is 3.03. The van der Waals surface area contributed by atoms with Gasteiger partial charge in [0.25, 0.3) is 5.89 Å². The highest BCUT2D eigenvalue weighted by Gasteiger charge is 2.21. The fraction of sp³-hybridized carbons (Fsp3) is 0.438. The molecule has 1 fully saturated rings. The van der Waals surface area contributed by atoms with Gasteiger partial charge < -0.3 is 9.84 Å². The topological polar surface area (TPSA) is 68.0 Å². The van der Waals surface area contributed by atoms with Gasteiger partial charge in [0.15, 0.2) is 5.82 Å². The zero-order valence-corrected chi connectivity index (χ0v) is 11.9. The number of nitrogens with one attached hydrogen (secondary N) is 1. The summed E-state index contributed by atoms with van der Waals surface area (Å²) in [4.78, 5) is 16.4. The van der Waals surface area contributed by atoms with E-state index in [2.05, 4.69) is 15.5 Å². The van der Waals surface area contributed by atoms with Crippen LogP contribution >= 0.6 is 0 Å². The van der Waals surface area contributed by atoms with Crippen molar-refractivity contribution in [2.45, 2.75) is 38.6 Å². The number of carbonyl (C=O) groups is 1. The fourth-order valence-electron chi connectivity index (χ4n) is 2.70. The van der Waals surface area contributed by atoms with Gasteiger partial charge in [-0.2, -0.15) is 4.98 Å². The third kappa shape index (κ3) is 3.48. The van der Waals surface area contributed by atoms with Gasteiger partial charge in [-0.25, -0.2) is 0 Å². The van der Waals surface area contributed by atoms with E-state index >= 15 is 0 Å². The lowest BCUT2D eigenvalue weighted by Gasteiger charge is -2.20. The second-order valence-electron chi connectivity index (χ2n) is 5.43.